The van der Waals surface area contributed by atoms with Crippen LogP contribution >= 0.6 is 0 Å². The van der Waals surface area contributed by atoms with E-state index in [1.165, 1.54) is 7.11 Å². The Morgan fingerprint density at radius 3 is 2.40 bits per heavy atom. The molecule has 2 rings (SSSR count). The normalized spacial score (nSPS) is 37.0. The standard InChI is InChI=1S/C15H24O5/c1-14(2,3)8-7-9-10-11(20-15(4,5)19-9)12(17-6)13(16)18-10/h7-12H,1-6H3/b8-7+/t9?,10-,11+,12+/m0/s1. The molecular formula is C15H24O5. The minimum atomic E-state index is -0.779. The number of hydrogen-bond donors (Lipinski definition) is 0. The van der Waals surface area contributed by atoms with Crippen molar-refractivity contribution in [3.63, 3.8) is 0 Å². The van der Waals surface area contributed by atoms with Gasteiger partial charge in [-0.1, -0.05) is 32.9 Å². The van der Waals surface area contributed by atoms with Crippen molar-refractivity contribution in [2.75, 3.05) is 7.11 Å². The van der Waals surface area contributed by atoms with E-state index in [0.29, 0.717) is 0 Å². The highest BCUT2D eigenvalue weighted by atomic mass is 16.8. The summed E-state index contributed by atoms with van der Waals surface area (Å²) < 4.78 is 22.3. The van der Waals surface area contributed by atoms with Crippen molar-refractivity contribution in [1.29, 1.82) is 0 Å². The topological polar surface area (TPSA) is 54.0 Å². The van der Waals surface area contributed by atoms with Crippen molar-refractivity contribution in [3.8, 4) is 0 Å². The van der Waals surface area contributed by atoms with Gasteiger partial charge >= 0.3 is 5.97 Å². The van der Waals surface area contributed by atoms with E-state index < -0.39 is 30.1 Å². The number of ether oxygens (including phenoxy) is 4. The minimum Gasteiger partial charge on any atom is -0.454 e. The summed E-state index contributed by atoms with van der Waals surface area (Å²) in [4.78, 5) is 11.8. The molecule has 0 amide bonds. The molecule has 0 saturated carbocycles. The van der Waals surface area contributed by atoms with Gasteiger partial charge in [0.05, 0.1) is 0 Å². The molecule has 0 bridgehead atoms. The molecule has 0 aromatic heterocycles. The zero-order valence-corrected chi connectivity index (χ0v) is 13.0. The van der Waals surface area contributed by atoms with Crippen LogP contribution in [0.1, 0.15) is 34.6 Å². The predicted molar refractivity (Wildman–Crippen MR) is 73.1 cm³/mol. The Bertz CT molecular complexity index is 407. The molecule has 2 aliphatic rings. The summed E-state index contributed by atoms with van der Waals surface area (Å²) in [6.45, 7) is 9.96. The first-order valence-electron chi connectivity index (χ1n) is 6.91. The Morgan fingerprint density at radius 1 is 1.20 bits per heavy atom. The van der Waals surface area contributed by atoms with Crippen LogP contribution in [-0.4, -0.2) is 43.3 Å². The fourth-order valence-electron chi connectivity index (χ4n) is 2.47. The maximum Gasteiger partial charge on any atom is 0.338 e. The average molecular weight is 284 g/mol. The summed E-state index contributed by atoms with van der Waals surface area (Å²) >= 11 is 0. The van der Waals surface area contributed by atoms with Gasteiger partial charge in [0, 0.05) is 7.11 Å². The van der Waals surface area contributed by atoms with E-state index in [1.54, 1.807) is 0 Å². The average Bonchev–Trinajstić information content (AvgIpc) is 2.59. The Hall–Kier alpha value is -0.910. The Labute approximate surface area is 120 Å². The number of carbonyl (C=O) groups excluding carboxylic acids is 1. The van der Waals surface area contributed by atoms with E-state index in [-0.39, 0.29) is 11.5 Å². The molecule has 0 N–H and O–H groups in total. The summed E-state index contributed by atoms with van der Waals surface area (Å²) in [6, 6.07) is 0. The second kappa shape index (κ2) is 5.13. The molecule has 2 heterocycles. The zero-order valence-electron chi connectivity index (χ0n) is 13.0. The molecule has 5 heteroatoms. The van der Waals surface area contributed by atoms with Gasteiger partial charge in [-0.2, -0.15) is 0 Å². The lowest BCUT2D eigenvalue weighted by atomic mass is 9.94. The van der Waals surface area contributed by atoms with Crippen LogP contribution in [-0.2, 0) is 23.7 Å². The van der Waals surface area contributed by atoms with Gasteiger partial charge in [0.1, 0.15) is 12.2 Å². The van der Waals surface area contributed by atoms with Crippen LogP contribution in [0.15, 0.2) is 12.2 Å². The molecule has 20 heavy (non-hydrogen) atoms. The van der Waals surface area contributed by atoms with Crippen LogP contribution < -0.4 is 0 Å². The smallest absolute Gasteiger partial charge is 0.338 e. The van der Waals surface area contributed by atoms with Crippen molar-refractivity contribution in [1.82, 2.24) is 0 Å². The third-order valence-corrected chi connectivity index (χ3v) is 3.31. The van der Waals surface area contributed by atoms with Gasteiger partial charge < -0.3 is 18.9 Å². The molecule has 0 aliphatic carbocycles. The van der Waals surface area contributed by atoms with Crippen molar-refractivity contribution in [2.45, 2.75) is 64.8 Å². The zero-order chi connectivity index (χ0) is 15.1. The number of allylic oxidation sites excluding steroid dienone is 1. The first kappa shape index (κ1) is 15.5. The van der Waals surface area contributed by atoms with E-state index in [1.807, 2.05) is 19.9 Å². The molecule has 4 atom stereocenters. The highest BCUT2D eigenvalue weighted by Crippen LogP contribution is 2.36. The van der Waals surface area contributed by atoms with Crippen LogP contribution in [0.5, 0.6) is 0 Å². The number of methoxy groups -OCH3 is 1. The Balaban J connectivity index is 2.24. The number of esters is 1. The molecule has 0 radical (unpaired) electrons. The summed E-state index contributed by atoms with van der Waals surface area (Å²) in [5.41, 5.74) is 0.0323. The van der Waals surface area contributed by atoms with Gasteiger partial charge in [-0.15, -0.1) is 0 Å². The quantitative estimate of drug-likeness (QED) is 0.574. The number of hydrogen-bond acceptors (Lipinski definition) is 5. The molecule has 114 valence electrons. The lowest BCUT2D eigenvalue weighted by molar-refractivity contribution is -0.318. The first-order chi connectivity index (χ1) is 9.13. The number of carbonyl (C=O) groups is 1. The van der Waals surface area contributed by atoms with Crippen LogP contribution in [0.25, 0.3) is 0 Å². The maximum atomic E-state index is 11.8. The third-order valence-electron chi connectivity index (χ3n) is 3.31. The minimum absolute atomic E-state index is 0.0323. The van der Waals surface area contributed by atoms with Crippen LogP contribution in [0.3, 0.4) is 0 Å². The van der Waals surface area contributed by atoms with Crippen LogP contribution in [0.4, 0.5) is 0 Å². The summed E-state index contributed by atoms with van der Waals surface area (Å²) in [5.74, 6) is -1.17. The lowest BCUT2D eigenvalue weighted by Crippen LogP contribution is -2.54. The van der Waals surface area contributed by atoms with Crippen molar-refractivity contribution < 1.29 is 23.7 Å². The number of rotatable bonds is 2. The molecule has 1 unspecified atom stereocenters. The molecule has 2 aliphatic heterocycles. The third kappa shape index (κ3) is 3.22. The molecule has 2 fully saturated rings. The summed E-state index contributed by atoms with van der Waals surface area (Å²) in [6.07, 6.45) is 2.10. The van der Waals surface area contributed by atoms with Crippen molar-refractivity contribution in [2.24, 2.45) is 5.41 Å². The maximum absolute atomic E-state index is 11.8. The second-order valence-corrected chi connectivity index (χ2v) is 6.85. The summed E-state index contributed by atoms with van der Waals surface area (Å²) in [7, 11) is 1.49. The second-order valence-electron chi connectivity index (χ2n) is 6.85. The highest BCUT2D eigenvalue weighted by molar-refractivity contribution is 5.78. The fraction of sp³-hybridized carbons (Fsp3) is 0.800. The molecule has 0 aromatic carbocycles. The van der Waals surface area contributed by atoms with Gasteiger partial charge in [-0.25, -0.2) is 4.79 Å². The molecule has 5 nitrogen and oxygen atoms in total. The van der Waals surface area contributed by atoms with Crippen molar-refractivity contribution in [3.05, 3.63) is 12.2 Å². The van der Waals surface area contributed by atoms with Gasteiger partial charge in [0.15, 0.2) is 18.0 Å². The molecule has 2 saturated heterocycles. The molecular weight excluding hydrogens is 260 g/mol. The summed E-state index contributed by atoms with van der Waals surface area (Å²) in [5, 5.41) is 0. The van der Waals surface area contributed by atoms with E-state index in [4.69, 9.17) is 18.9 Å². The van der Waals surface area contributed by atoms with Crippen molar-refractivity contribution >= 4 is 5.97 Å². The highest BCUT2D eigenvalue weighted by Gasteiger charge is 2.55. The SMILES string of the molecule is CO[C@H]1C(=O)O[C@H]2C(/C=C/C(C)(C)C)OC(C)(C)O[C@@H]12. The molecule has 0 spiro atoms. The van der Waals surface area contributed by atoms with Gasteiger partial charge in [0.25, 0.3) is 0 Å². The van der Waals surface area contributed by atoms with E-state index >= 15 is 0 Å². The van der Waals surface area contributed by atoms with Crippen LogP contribution in [0.2, 0.25) is 0 Å². The monoisotopic (exact) mass is 284 g/mol. The largest absolute Gasteiger partial charge is 0.454 e. The van der Waals surface area contributed by atoms with Crippen LogP contribution in [0, 0.1) is 5.41 Å². The lowest BCUT2D eigenvalue weighted by Gasteiger charge is -2.41. The van der Waals surface area contributed by atoms with E-state index in [2.05, 4.69) is 26.8 Å². The van der Waals surface area contributed by atoms with E-state index in [9.17, 15) is 4.79 Å². The van der Waals surface area contributed by atoms with Gasteiger partial charge in [0.2, 0.25) is 0 Å². The first-order valence-corrected chi connectivity index (χ1v) is 6.91. The Morgan fingerprint density at radius 2 is 1.85 bits per heavy atom. The Kier molecular flexibility index (Phi) is 3.97. The van der Waals surface area contributed by atoms with Gasteiger partial charge in [-0.05, 0) is 19.3 Å². The predicted octanol–water partition coefficient (Wildman–Crippen LogP) is 2.05. The molecule has 0 aromatic rings. The van der Waals surface area contributed by atoms with E-state index in [0.717, 1.165) is 0 Å². The fourth-order valence-corrected chi connectivity index (χ4v) is 2.47. The van der Waals surface area contributed by atoms with Gasteiger partial charge in [-0.3, -0.25) is 0 Å². The number of fused-ring (bicyclic) bond motifs is 1.